The molecule has 0 spiro atoms. The summed E-state index contributed by atoms with van der Waals surface area (Å²) in [6, 6.07) is 18.6. The van der Waals surface area contributed by atoms with Crippen LogP contribution in [-0.4, -0.2) is 22.4 Å². The van der Waals surface area contributed by atoms with Gasteiger partial charge in [-0.2, -0.15) is 4.98 Å². The topological polar surface area (TPSA) is 70.1 Å². The smallest absolute Gasteiger partial charge is 0.303 e. The van der Waals surface area contributed by atoms with Crippen molar-refractivity contribution in [2.24, 2.45) is 0 Å². The number of carbonyl (C=O) groups is 1. The van der Waals surface area contributed by atoms with Crippen LogP contribution in [0.25, 0.3) is 5.69 Å². The number of para-hydroxylation sites is 1. The first kappa shape index (κ1) is 13.9. The fourth-order valence-corrected chi connectivity index (χ4v) is 2.31. The molecular formula is C17H15N3O2. The van der Waals surface area contributed by atoms with E-state index >= 15 is 0 Å². The van der Waals surface area contributed by atoms with Gasteiger partial charge in [0.15, 0.2) is 5.82 Å². The van der Waals surface area contributed by atoms with Crippen LogP contribution in [-0.2, 0) is 0 Å². The van der Waals surface area contributed by atoms with Crippen LogP contribution < -0.4 is 10.5 Å². The molecule has 0 amide bonds. The Kier molecular flexibility index (Phi) is 3.62. The average Bonchev–Trinajstić information content (AvgIpc) is 2.92. The number of benzene rings is 2. The molecule has 2 aromatic carbocycles. The maximum atomic E-state index is 12.8. The number of rotatable bonds is 4. The predicted molar refractivity (Wildman–Crippen MR) is 84.4 cm³/mol. The minimum absolute atomic E-state index is 0.148. The lowest BCUT2D eigenvalue weighted by atomic mass is 10.1. The third kappa shape index (κ3) is 2.33. The van der Waals surface area contributed by atoms with Crippen molar-refractivity contribution in [3.8, 4) is 11.7 Å². The molecule has 2 N–H and O–H groups in total. The third-order valence-corrected chi connectivity index (χ3v) is 3.32. The molecule has 5 heteroatoms. The van der Waals surface area contributed by atoms with Gasteiger partial charge in [-0.1, -0.05) is 48.5 Å². The minimum atomic E-state index is -0.197. The van der Waals surface area contributed by atoms with E-state index in [4.69, 9.17) is 10.5 Å². The number of anilines is 1. The van der Waals surface area contributed by atoms with Crippen molar-refractivity contribution in [1.82, 2.24) is 9.55 Å². The molecule has 22 heavy (non-hydrogen) atoms. The summed E-state index contributed by atoms with van der Waals surface area (Å²) in [7, 11) is 1.50. The molecule has 0 saturated heterocycles. The molecule has 5 nitrogen and oxygen atoms in total. The average molecular weight is 293 g/mol. The zero-order valence-corrected chi connectivity index (χ0v) is 12.1. The van der Waals surface area contributed by atoms with Gasteiger partial charge in [0.2, 0.25) is 5.78 Å². The molecule has 1 aromatic heterocycles. The van der Waals surface area contributed by atoms with E-state index in [0.29, 0.717) is 11.3 Å². The normalized spacial score (nSPS) is 10.4. The van der Waals surface area contributed by atoms with Gasteiger partial charge < -0.3 is 10.5 Å². The predicted octanol–water partition coefficient (Wildman–Crippen LogP) is 2.69. The number of nitrogens with zero attached hydrogens (tertiary/aromatic N) is 2. The molecule has 0 saturated carbocycles. The van der Waals surface area contributed by atoms with Gasteiger partial charge in [0.25, 0.3) is 0 Å². The number of ether oxygens (including phenoxy) is 1. The highest BCUT2D eigenvalue weighted by molar-refractivity contribution is 6.11. The van der Waals surface area contributed by atoms with Crippen molar-refractivity contribution < 1.29 is 9.53 Å². The molecule has 0 aliphatic carbocycles. The Morgan fingerprint density at radius 2 is 1.64 bits per heavy atom. The fourth-order valence-electron chi connectivity index (χ4n) is 2.31. The second-order valence-corrected chi connectivity index (χ2v) is 4.70. The molecular weight excluding hydrogens is 278 g/mol. The Morgan fingerprint density at radius 3 is 2.23 bits per heavy atom. The zero-order chi connectivity index (χ0) is 15.5. The first-order chi connectivity index (χ1) is 10.7. The molecule has 0 radical (unpaired) electrons. The number of aromatic nitrogens is 2. The first-order valence-corrected chi connectivity index (χ1v) is 6.79. The molecule has 3 aromatic rings. The van der Waals surface area contributed by atoms with Gasteiger partial charge in [0.1, 0.15) is 5.69 Å². The van der Waals surface area contributed by atoms with E-state index in [2.05, 4.69) is 4.98 Å². The summed E-state index contributed by atoms with van der Waals surface area (Å²) >= 11 is 0. The Labute approximate surface area is 128 Å². The van der Waals surface area contributed by atoms with Crippen LogP contribution >= 0.6 is 0 Å². The number of nitrogens with two attached hydrogens (primary N) is 1. The zero-order valence-electron chi connectivity index (χ0n) is 12.1. The summed E-state index contributed by atoms with van der Waals surface area (Å²) in [6.45, 7) is 0. The van der Waals surface area contributed by atoms with Crippen molar-refractivity contribution >= 4 is 11.6 Å². The monoisotopic (exact) mass is 293 g/mol. The van der Waals surface area contributed by atoms with E-state index in [1.807, 2.05) is 48.5 Å². The van der Waals surface area contributed by atoms with Crippen molar-refractivity contribution in [2.75, 3.05) is 12.8 Å². The number of imidazole rings is 1. The number of carbonyl (C=O) groups excluding carboxylic acids is 1. The lowest BCUT2D eigenvalue weighted by Gasteiger charge is -2.10. The lowest BCUT2D eigenvalue weighted by Crippen LogP contribution is -2.11. The van der Waals surface area contributed by atoms with Crippen LogP contribution in [0.4, 0.5) is 5.82 Å². The maximum absolute atomic E-state index is 12.8. The van der Waals surface area contributed by atoms with Crippen molar-refractivity contribution in [1.29, 1.82) is 0 Å². The van der Waals surface area contributed by atoms with Gasteiger partial charge >= 0.3 is 6.01 Å². The van der Waals surface area contributed by atoms with E-state index in [0.717, 1.165) is 5.69 Å². The number of hydrogen-bond donors (Lipinski definition) is 1. The molecule has 0 aliphatic heterocycles. The molecule has 0 aliphatic rings. The van der Waals surface area contributed by atoms with Crippen LogP contribution in [0.15, 0.2) is 60.7 Å². The second-order valence-electron chi connectivity index (χ2n) is 4.70. The van der Waals surface area contributed by atoms with Crippen molar-refractivity contribution in [3.05, 3.63) is 71.9 Å². The van der Waals surface area contributed by atoms with Gasteiger partial charge in [-0.3, -0.25) is 9.36 Å². The molecule has 0 fully saturated rings. The summed E-state index contributed by atoms with van der Waals surface area (Å²) < 4.78 is 6.90. The first-order valence-electron chi connectivity index (χ1n) is 6.79. The largest absolute Gasteiger partial charge is 0.468 e. The standard InChI is InChI=1S/C17H15N3O2/c1-22-17-19-16(18)14(15(21)12-8-4-2-5-9-12)20(17)13-10-6-3-7-11-13/h2-11H,18H2,1H3. The molecule has 0 atom stereocenters. The second kappa shape index (κ2) is 5.73. The molecule has 1 heterocycles. The quantitative estimate of drug-likeness (QED) is 0.751. The summed E-state index contributed by atoms with van der Waals surface area (Å²) in [5.74, 6) is -0.0488. The summed E-state index contributed by atoms with van der Waals surface area (Å²) in [5.41, 5.74) is 7.58. The highest BCUT2D eigenvalue weighted by Crippen LogP contribution is 2.27. The van der Waals surface area contributed by atoms with E-state index < -0.39 is 0 Å². The number of methoxy groups -OCH3 is 1. The third-order valence-electron chi connectivity index (χ3n) is 3.32. The molecule has 3 rings (SSSR count). The van der Waals surface area contributed by atoms with Gasteiger partial charge in [-0.25, -0.2) is 0 Å². The van der Waals surface area contributed by atoms with Gasteiger partial charge in [-0.05, 0) is 12.1 Å². The number of hydrogen-bond acceptors (Lipinski definition) is 4. The van der Waals surface area contributed by atoms with E-state index in [1.54, 1.807) is 16.7 Å². The van der Waals surface area contributed by atoms with E-state index in [-0.39, 0.29) is 17.6 Å². The van der Waals surface area contributed by atoms with Gasteiger partial charge in [0.05, 0.1) is 12.8 Å². The Bertz CT molecular complexity index is 796. The van der Waals surface area contributed by atoms with E-state index in [1.165, 1.54) is 7.11 Å². The highest BCUT2D eigenvalue weighted by atomic mass is 16.5. The Hall–Kier alpha value is -3.08. The molecule has 110 valence electrons. The fraction of sp³-hybridized carbons (Fsp3) is 0.0588. The maximum Gasteiger partial charge on any atom is 0.303 e. The van der Waals surface area contributed by atoms with Crippen molar-refractivity contribution in [2.45, 2.75) is 0 Å². The number of ketones is 1. The Balaban J connectivity index is 2.20. The summed E-state index contributed by atoms with van der Waals surface area (Å²) in [6.07, 6.45) is 0. The summed E-state index contributed by atoms with van der Waals surface area (Å²) in [5, 5.41) is 0. The Morgan fingerprint density at radius 1 is 1.05 bits per heavy atom. The molecule has 0 bridgehead atoms. The number of nitrogen functional groups attached to an aromatic ring is 1. The van der Waals surface area contributed by atoms with Crippen LogP contribution in [0.2, 0.25) is 0 Å². The SMILES string of the molecule is COc1nc(N)c(C(=O)c2ccccc2)n1-c1ccccc1. The van der Waals surface area contributed by atoms with E-state index in [9.17, 15) is 4.79 Å². The van der Waals surface area contributed by atoms with Gasteiger partial charge in [0, 0.05) is 5.56 Å². The van der Waals surface area contributed by atoms with Crippen LogP contribution in [0.3, 0.4) is 0 Å². The lowest BCUT2D eigenvalue weighted by molar-refractivity contribution is 0.103. The summed E-state index contributed by atoms with van der Waals surface area (Å²) in [4.78, 5) is 16.9. The van der Waals surface area contributed by atoms with Crippen LogP contribution in [0, 0.1) is 0 Å². The van der Waals surface area contributed by atoms with Gasteiger partial charge in [-0.15, -0.1) is 0 Å². The minimum Gasteiger partial charge on any atom is -0.468 e. The van der Waals surface area contributed by atoms with Crippen molar-refractivity contribution in [3.63, 3.8) is 0 Å². The van der Waals surface area contributed by atoms with Crippen LogP contribution in [0.1, 0.15) is 16.1 Å². The highest BCUT2D eigenvalue weighted by Gasteiger charge is 2.24. The van der Waals surface area contributed by atoms with Crippen LogP contribution in [0.5, 0.6) is 6.01 Å². The molecule has 0 unspecified atom stereocenters.